The topological polar surface area (TPSA) is 107 Å². The fourth-order valence-electron chi connectivity index (χ4n) is 3.42. The number of benzene rings is 2. The van der Waals surface area contributed by atoms with Gasteiger partial charge in [-0.2, -0.15) is 0 Å². The van der Waals surface area contributed by atoms with Gasteiger partial charge in [-0.15, -0.1) is 13.2 Å². The second-order valence-corrected chi connectivity index (χ2v) is 8.70. The molecule has 0 aliphatic heterocycles. The minimum atomic E-state index is -4.99. The van der Waals surface area contributed by atoms with Gasteiger partial charge in [0, 0.05) is 26.0 Å². The van der Waals surface area contributed by atoms with Gasteiger partial charge in [0.1, 0.15) is 19.0 Å². The molecule has 0 saturated carbocycles. The number of carbonyl (C=O) groups excluding carboxylic acids is 1. The minimum absolute atomic E-state index is 0.0602. The van der Waals surface area contributed by atoms with Gasteiger partial charge in [-0.1, -0.05) is 31.2 Å². The van der Waals surface area contributed by atoms with Gasteiger partial charge in [-0.05, 0) is 36.8 Å². The molecule has 2 aromatic carbocycles. The molecule has 41 heavy (non-hydrogen) atoms. The van der Waals surface area contributed by atoms with Crippen LogP contribution in [-0.4, -0.2) is 79.9 Å². The molecule has 2 N–H and O–H groups in total. The van der Waals surface area contributed by atoms with Gasteiger partial charge in [-0.25, -0.2) is 18.4 Å². The fourth-order valence-corrected chi connectivity index (χ4v) is 3.42. The Labute approximate surface area is 234 Å². The zero-order valence-electron chi connectivity index (χ0n) is 22.6. The molecule has 0 aliphatic rings. The van der Waals surface area contributed by atoms with Gasteiger partial charge in [0.05, 0.1) is 18.8 Å². The number of carboxylic acid groups (broad SMARTS) is 1. The third-order valence-corrected chi connectivity index (χ3v) is 5.60. The number of rotatable bonds is 17. The van der Waals surface area contributed by atoms with Crippen LogP contribution in [-0.2, 0) is 20.7 Å². The van der Waals surface area contributed by atoms with Gasteiger partial charge < -0.3 is 34.3 Å². The first-order valence-corrected chi connectivity index (χ1v) is 12.8. The summed E-state index contributed by atoms with van der Waals surface area (Å²) >= 11 is 0. The van der Waals surface area contributed by atoms with Crippen LogP contribution in [0.5, 0.6) is 11.5 Å². The quantitative estimate of drug-likeness (QED) is 0.182. The second-order valence-electron chi connectivity index (χ2n) is 8.70. The summed E-state index contributed by atoms with van der Waals surface area (Å²) in [5, 5.41) is 11.6. The van der Waals surface area contributed by atoms with Crippen LogP contribution >= 0.6 is 0 Å². The number of aliphatic carboxylic acids is 1. The molecule has 0 bridgehead atoms. The molecule has 14 heteroatoms. The number of para-hydroxylation sites is 2. The maximum atomic E-state index is 13.5. The summed E-state index contributed by atoms with van der Waals surface area (Å²) < 4.78 is 85.1. The average molecular weight is 593 g/mol. The third-order valence-electron chi connectivity index (χ3n) is 5.60. The van der Waals surface area contributed by atoms with E-state index in [1.54, 1.807) is 31.2 Å². The van der Waals surface area contributed by atoms with E-state index in [2.05, 4.69) is 10.1 Å². The van der Waals surface area contributed by atoms with Gasteiger partial charge in [-0.3, -0.25) is 0 Å². The molecular formula is C27H33F5N2O7. The maximum Gasteiger partial charge on any atom is 0.573 e. The lowest BCUT2D eigenvalue weighted by Gasteiger charge is -2.24. The summed E-state index contributed by atoms with van der Waals surface area (Å²) in [5.41, 5.74) is 0.446. The molecule has 0 saturated heterocycles. The SMILES string of the molecule is CCOC(Cc1ccc(OCCN(CCOCC(F)(F)CC)C(=O)Nc2ccccc2OC(F)(F)F)cc1)C(=O)O. The summed E-state index contributed by atoms with van der Waals surface area (Å²) in [4.78, 5) is 25.4. The summed E-state index contributed by atoms with van der Waals surface area (Å²) in [6, 6.07) is 10.6. The van der Waals surface area contributed by atoms with Crippen molar-refractivity contribution in [3.8, 4) is 11.5 Å². The largest absolute Gasteiger partial charge is 0.573 e. The predicted octanol–water partition coefficient (Wildman–Crippen LogP) is 5.59. The van der Waals surface area contributed by atoms with E-state index in [9.17, 15) is 36.6 Å². The molecule has 0 spiro atoms. The fraction of sp³-hybridized carbons (Fsp3) is 0.481. The number of halogens is 5. The van der Waals surface area contributed by atoms with E-state index in [-0.39, 0.29) is 45.0 Å². The Bertz CT molecular complexity index is 1100. The Kier molecular flexibility index (Phi) is 13.1. The predicted molar refractivity (Wildman–Crippen MR) is 138 cm³/mol. The number of hydrogen-bond donors (Lipinski definition) is 2. The van der Waals surface area contributed by atoms with Crippen LogP contribution in [0.3, 0.4) is 0 Å². The Balaban J connectivity index is 2.03. The van der Waals surface area contributed by atoms with Gasteiger partial charge in [0.25, 0.3) is 5.92 Å². The molecule has 0 radical (unpaired) electrons. The number of urea groups is 1. The zero-order valence-corrected chi connectivity index (χ0v) is 22.6. The van der Waals surface area contributed by atoms with E-state index < -0.39 is 49.2 Å². The van der Waals surface area contributed by atoms with Crippen molar-refractivity contribution in [1.29, 1.82) is 0 Å². The van der Waals surface area contributed by atoms with Crippen LogP contribution in [0.4, 0.5) is 32.4 Å². The lowest BCUT2D eigenvalue weighted by atomic mass is 10.1. The highest BCUT2D eigenvalue weighted by Crippen LogP contribution is 2.30. The number of carbonyl (C=O) groups is 2. The number of amides is 2. The van der Waals surface area contributed by atoms with Crippen molar-refractivity contribution >= 4 is 17.7 Å². The molecule has 0 aromatic heterocycles. The Morgan fingerprint density at radius 3 is 2.24 bits per heavy atom. The number of alkyl halides is 5. The number of nitrogens with one attached hydrogen (secondary N) is 1. The first kappa shape index (κ1) is 33.6. The first-order chi connectivity index (χ1) is 19.3. The van der Waals surface area contributed by atoms with Crippen molar-refractivity contribution in [3.63, 3.8) is 0 Å². The van der Waals surface area contributed by atoms with E-state index in [4.69, 9.17) is 14.2 Å². The minimum Gasteiger partial charge on any atom is -0.492 e. The van der Waals surface area contributed by atoms with Crippen LogP contribution < -0.4 is 14.8 Å². The summed E-state index contributed by atoms with van der Waals surface area (Å²) in [6.45, 7) is 1.83. The van der Waals surface area contributed by atoms with Crippen molar-refractivity contribution in [3.05, 3.63) is 54.1 Å². The van der Waals surface area contributed by atoms with Crippen molar-refractivity contribution in [1.82, 2.24) is 4.90 Å². The van der Waals surface area contributed by atoms with Crippen molar-refractivity contribution < 1.29 is 55.6 Å². The molecule has 1 atom stereocenters. The molecule has 1 unspecified atom stereocenters. The van der Waals surface area contributed by atoms with E-state index in [1.165, 1.54) is 25.1 Å². The second kappa shape index (κ2) is 16.0. The molecule has 2 aromatic rings. The standard InChI is InChI=1S/C27H33F5N2O7/c1-3-26(28,29)18-38-15-13-34(25(37)33-21-7-5-6-8-22(21)41-27(30,31)32)14-16-40-20-11-9-19(10-12-20)17-23(24(35)36)39-4-2/h5-12,23H,3-4,13-18H2,1-2H3,(H,33,37)(H,35,36). The molecule has 228 valence electrons. The van der Waals surface area contributed by atoms with Crippen molar-refractivity contribution in [2.45, 2.75) is 45.1 Å². The third kappa shape index (κ3) is 12.6. The van der Waals surface area contributed by atoms with E-state index in [1.807, 2.05) is 0 Å². The number of nitrogens with zero attached hydrogens (tertiary/aromatic N) is 1. The number of carboxylic acids is 1. The average Bonchev–Trinajstić information content (AvgIpc) is 2.90. The van der Waals surface area contributed by atoms with Crippen LogP contribution in [0.1, 0.15) is 25.8 Å². The Hall–Kier alpha value is -3.65. The van der Waals surface area contributed by atoms with E-state index in [0.717, 1.165) is 11.0 Å². The molecule has 2 rings (SSSR count). The van der Waals surface area contributed by atoms with Crippen LogP contribution in [0.2, 0.25) is 0 Å². The van der Waals surface area contributed by atoms with Crippen molar-refractivity contribution in [2.75, 3.05) is 44.8 Å². The molecular weight excluding hydrogens is 559 g/mol. The molecule has 0 heterocycles. The number of anilines is 1. The highest BCUT2D eigenvalue weighted by Gasteiger charge is 2.32. The van der Waals surface area contributed by atoms with Gasteiger partial charge in [0.2, 0.25) is 0 Å². The zero-order chi connectivity index (χ0) is 30.5. The number of ether oxygens (including phenoxy) is 4. The maximum absolute atomic E-state index is 13.5. The Morgan fingerprint density at radius 2 is 1.63 bits per heavy atom. The van der Waals surface area contributed by atoms with E-state index in [0.29, 0.717) is 11.3 Å². The highest BCUT2D eigenvalue weighted by atomic mass is 19.4. The van der Waals surface area contributed by atoms with Gasteiger partial charge >= 0.3 is 18.4 Å². The number of hydrogen-bond acceptors (Lipinski definition) is 6. The summed E-state index contributed by atoms with van der Waals surface area (Å²) in [6.07, 6.45) is -6.26. The molecule has 0 aliphatic carbocycles. The molecule has 0 fully saturated rings. The monoisotopic (exact) mass is 592 g/mol. The lowest BCUT2D eigenvalue weighted by molar-refractivity contribution is -0.274. The smallest absolute Gasteiger partial charge is 0.492 e. The van der Waals surface area contributed by atoms with Gasteiger partial charge in [0.15, 0.2) is 11.9 Å². The summed E-state index contributed by atoms with van der Waals surface area (Å²) in [7, 11) is 0. The molecule has 2 amide bonds. The lowest BCUT2D eigenvalue weighted by Crippen LogP contribution is -2.40. The van der Waals surface area contributed by atoms with Crippen molar-refractivity contribution in [2.24, 2.45) is 0 Å². The summed E-state index contributed by atoms with van der Waals surface area (Å²) in [5.74, 6) is -4.35. The van der Waals surface area contributed by atoms with Crippen LogP contribution in [0.15, 0.2) is 48.5 Å². The van der Waals surface area contributed by atoms with Crippen LogP contribution in [0.25, 0.3) is 0 Å². The highest BCUT2D eigenvalue weighted by molar-refractivity contribution is 5.91. The molecule has 9 nitrogen and oxygen atoms in total. The Morgan fingerprint density at radius 1 is 0.976 bits per heavy atom. The van der Waals surface area contributed by atoms with Crippen LogP contribution in [0, 0.1) is 0 Å². The first-order valence-electron chi connectivity index (χ1n) is 12.8. The normalized spacial score (nSPS) is 12.5. The van der Waals surface area contributed by atoms with E-state index >= 15 is 0 Å².